The van der Waals surface area contributed by atoms with Gasteiger partial charge in [-0.1, -0.05) is 11.6 Å². The number of piperazine rings is 1. The molecule has 1 unspecified atom stereocenters. The summed E-state index contributed by atoms with van der Waals surface area (Å²) in [5, 5.41) is 0.406. The van der Waals surface area contributed by atoms with Crippen molar-refractivity contribution in [3.8, 4) is 0 Å². The van der Waals surface area contributed by atoms with Crippen molar-refractivity contribution in [2.24, 2.45) is 0 Å². The maximum atomic E-state index is 12.9. The van der Waals surface area contributed by atoms with Gasteiger partial charge in [-0.25, -0.2) is 19.7 Å². The van der Waals surface area contributed by atoms with Crippen LogP contribution in [0.5, 0.6) is 0 Å². The van der Waals surface area contributed by atoms with Crippen molar-refractivity contribution in [1.82, 2.24) is 24.8 Å². The molecule has 0 radical (unpaired) electrons. The largest absolute Gasteiger partial charge is 0.465 e. The number of amides is 2. The molecule has 2 aliphatic rings. The van der Waals surface area contributed by atoms with E-state index in [1.54, 1.807) is 19.1 Å². The molecule has 1 fully saturated rings. The van der Waals surface area contributed by atoms with Crippen molar-refractivity contribution in [3.05, 3.63) is 47.1 Å². The highest BCUT2D eigenvalue weighted by Crippen LogP contribution is 2.35. The molecule has 1 atom stereocenters. The van der Waals surface area contributed by atoms with Gasteiger partial charge in [-0.05, 0) is 19.1 Å². The van der Waals surface area contributed by atoms with E-state index in [9.17, 15) is 14.4 Å². The Morgan fingerprint density at radius 2 is 1.88 bits per heavy atom. The first-order valence-electron chi connectivity index (χ1n) is 10.1. The summed E-state index contributed by atoms with van der Waals surface area (Å²) in [5.74, 6) is -0.509. The van der Waals surface area contributed by atoms with Crippen LogP contribution < -0.4 is 4.90 Å². The van der Waals surface area contributed by atoms with E-state index < -0.39 is 18.2 Å². The minimum Gasteiger partial charge on any atom is -0.465 e. The van der Waals surface area contributed by atoms with Gasteiger partial charge in [0.05, 0.1) is 18.2 Å². The molecular weight excluding hydrogens is 440 g/mol. The number of rotatable bonds is 5. The first kappa shape index (κ1) is 21.9. The van der Waals surface area contributed by atoms with Gasteiger partial charge >= 0.3 is 12.1 Å². The van der Waals surface area contributed by atoms with E-state index in [0.29, 0.717) is 37.8 Å². The van der Waals surface area contributed by atoms with Crippen LogP contribution in [-0.4, -0.2) is 82.1 Å². The second kappa shape index (κ2) is 9.45. The summed E-state index contributed by atoms with van der Waals surface area (Å²) in [4.78, 5) is 54.7. The Morgan fingerprint density at radius 1 is 1.12 bits per heavy atom. The van der Waals surface area contributed by atoms with Crippen LogP contribution >= 0.6 is 11.6 Å². The molecule has 2 aromatic rings. The maximum Gasteiger partial charge on any atom is 0.412 e. The Hall–Kier alpha value is -3.31. The van der Waals surface area contributed by atoms with Gasteiger partial charge < -0.3 is 14.4 Å². The minimum absolute atomic E-state index is 0.0984. The fourth-order valence-electron chi connectivity index (χ4n) is 3.53. The van der Waals surface area contributed by atoms with Gasteiger partial charge in [0.1, 0.15) is 11.5 Å². The van der Waals surface area contributed by atoms with E-state index in [0.717, 1.165) is 0 Å². The number of esters is 1. The fraction of sp³-hybridized carbons (Fsp3) is 0.400. The zero-order valence-electron chi connectivity index (χ0n) is 17.3. The molecule has 4 heterocycles. The third-order valence-corrected chi connectivity index (χ3v) is 5.30. The summed E-state index contributed by atoms with van der Waals surface area (Å²) in [7, 11) is 0. The first-order valence-corrected chi connectivity index (χ1v) is 10.4. The van der Waals surface area contributed by atoms with Crippen molar-refractivity contribution in [1.29, 1.82) is 0 Å². The molecule has 0 aliphatic carbocycles. The molecule has 12 heteroatoms. The van der Waals surface area contributed by atoms with E-state index in [-0.39, 0.29) is 29.7 Å². The van der Waals surface area contributed by atoms with Gasteiger partial charge in [0.25, 0.3) is 5.91 Å². The smallest absolute Gasteiger partial charge is 0.412 e. The van der Waals surface area contributed by atoms with Gasteiger partial charge in [0.15, 0.2) is 5.69 Å². The quantitative estimate of drug-likeness (QED) is 0.611. The zero-order chi connectivity index (χ0) is 22.7. The second-order valence-corrected chi connectivity index (χ2v) is 7.54. The number of ether oxygens (including phenoxy) is 2. The molecule has 2 aromatic heterocycles. The molecule has 32 heavy (non-hydrogen) atoms. The molecular formula is C20H21ClN6O5. The van der Waals surface area contributed by atoms with Crippen LogP contribution in [0.1, 0.15) is 29.3 Å². The van der Waals surface area contributed by atoms with Crippen LogP contribution in [0, 0.1) is 0 Å². The monoisotopic (exact) mass is 460 g/mol. The standard InChI is InChI=1S/C20H21ClN6O5/c1-2-31-15(28)12-25-7-9-26(10-8-25)20(30)32-19-17-16(22-5-6-23-17)18(29)27(19)14-4-3-13(21)11-24-14/h3-6,11,19H,2,7-10,12H2,1H3. The average Bonchev–Trinajstić information content (AvgIpc) is 3.07. The Kier molecular flexibility index (Phi) is 6.47. The Balaban J connectivity index is 1.47. The Labute approximate surface area is 188 Å². The van der Waals surface area contributed by atoms with Crippen molar-refractivity contribution < 1.29 is 23.9 Å². The number of aromatic nitrogens is 3. The predicted molar refractivity (Wildman–Crippen MR) is 112 cm³/mol. The lowest BCUT2D eigenvalue weighted by Crippen LogP contribution is -2.50. The summed E-state index contributed by atoms with van der Waals surface area (Å²) in [5.41, 5.74) is 0.338. The number of fused-ring (bicyclic) bond motifs is 1. The lowest BCUT2D eigenvalue weighted by molar-refractivity contribution is -0.144. The zero-order valence-corrected chi connectivity index (χ0v) is 18.1. The van der Waals surface area contributed by atoms with E-state index >= 15 is 0 Å². The van der Waals surface area contributed by atoms with Gasteiger partial charge in [0.2, 0.25) is 6.23 Å². The number of hydrogen-bond donors (Lipinski definition) is 0. The highest BCUT2D eigenvalue weighted by molar-refractivity contribution is 6.30. The van der Waals surface area contributed by atoms with Gasteiger partial charge in [-0.15, -0.1) is 0 Å². The molecule has 0 saturated carbocycles. The first-order chi connectivity index (χ1) is 15.5. The molecule has 0 spiro atoms. The third kappa shape index (κ3) is 4.48. The van der Waals surface area contributed by atoms with Gasteiger partial charge in [0, 0.05) is 44.8 Å². The molecule has 0 bridgehead atoms. The summed E-state index contributed by atoms with van der Waals surface area (Å²) in [6, 6.07) is 3.14. The van der Waals surface area contributed by atoms with E-state index in [1.807, 2.05) is 4.90 Å². The maximum absolute atomic E-state index is 12.9. The van der Waals surface area contributed by atoms with Gasteiger partial charge in [-0.2, -0.15) is 0 Å². The van der Waals surface area contributed by atoms with Crippen LogP contribution in [0.4, 0.5) is 10.6 Å². The fourth-order valence-corrected chi connectivity index (χ4v) is 3.64. The second-order valence-electron chi connectivity index (χ2n) is 7.10. The predicted octanol–water partition coefficient (Wildman–Crippen LogP) is 1.50. The summed E-state index contributed by atoms with van der Waals surface area (Å²) in [6.07, 6.45) is 2.52. The lowest BCUT2D eigenvalue weighted by Gasteiger charge is -2.34. The molecule has 2 amide bonds. The van der Waals surface area contributed by atoms with Crippen molar-refractivity contribution in [3.63, 3.8) is 0 Å². The van der Waals surface area contributed by atoms with Crippen LogP contribution in [0.3, 0.4) is 0 Å². The number of hydrogen-bond acceptors (Lipinski definition) is 9. The van der Waals surface area contributed by atoms with Crippen LogP contribution in [0.2, 0.25) is 5.02 Å². The normalized spacial score (nSPS) is 18.4. The van der Waals surface area contributed by atoms with Crippen molar-refractivity contribution in [2.45, 2.75) is 13.2 Å². The topological polar surface area (TPSA) is 118 Å². The molecule has 4 rings (SSSR count). The van der Waals surface area contributed by atoms with Crippen LogP contribution in [0.15, 0.2) is 30.7 Å². The van der Waals surface area contributed by atoms with Gasteiger partial charge in [-0.3, -0.25) is 19.5 Å². The summed E-state index contributed by atoms with van der Waals surface area (Å²) >= 11 is 5.91. The highest BCUT2D eigenvalue weighted by Gasteiger charge is 2.44. The van der Waals surface area contributed by atoms with Crippen molar-refractivity contribution in [2.75, 3.05) is 44.2 Å². The van der Waals surface area contributed by atoms with Crippen LogP contribution in [-0.2, 0) is 14.3 Å². The highest BCUT2D eigenvalue weighted by atomic mass is 35.5. The molecule has 0 aromatic carbocycles. The van der Waals surface area contributed by atoms with E-state index in [4.69, 9.17) is 21.1 Å². The van der Waals surface area contributed by atoms with Crippen molar-refractivity contribution >= 4 is 35.4 Å². The lowest BCUT2D eigenvalue weighted by atomic mass is 10.3. The third-order valence-electron chi connectivity index (χ3n) is 5.08. The number of anilines is 1. The SMILES string of the molecule is CCOC(=O)CN1CCN(C(=O)OC2c3nccnc3C(=O)N2c2ccc(Cl)cn2)CC1. The van der Waals surface area contributed by atoms with E-state index in [2.05, 4.69) is 15.0 Å². The molecule has 11 nitrogen and oxygen atoms in total. The number of halogens is 1. The number of nitrogens with zero attached hydrogens (tertiary/aromatic N) is 6. The Bertz CT molecular complexity index is 1010. The number of carbonyl (C=O) groups excluding carboxylic acids is 3. The number of carbonyl (C=O) groups is 3. The van der Waals surface area contributed by atoms with E-state index in [1.165, 1.54) is 28.4 Å². The summed E-state index contributed by atoms with van der Waals surface area (Å²) < 4.78 is 10.7. The molecule has 1 saturated heterocycles. The minimum atomic E-state index is -1.11. The summed E-state index contributed by atoms with van der Waals surface area (Å²) in [6.45, 7) is 3.98. The molecule has 168 valence electrons. The average molecular weight is 461 g/mol. The van der Waals surface area contributed by atoms with Crippen LogP contribution in [0.25, 0.3) is 0 Å². The molecule has 2 aliphatic heterocycles. The Morgan fingerprint density at radius 3 is 2.56 bits per heavy atom. The molecule has 0 N–H and O–H groups in total. The number of pyridine rings is 1.